The SMILES string of the molecule is CC1CCN(C(=O)c2cccc(C(=O)Nc3ccc(C(C)C)cc3)n2)CC1. The molecule has 2 amide bonds. The second kappa shape index (κ2) is 8.33. The van der Waals surface area contributed by atoms with Crippen LogP contribution in [0.3, 0.4) is 0 Å². The second-order valence-electron chi connectivity index (χ2n) is 7.61. The number of nitrogens with zero attached hydrogens (tertiary/aromatic N) is 2. The van der Waals surface area contributed by atoms with Crippen LogP contribution in [0.5, 0.6) is 0 Å². The predicted molar refractivity (Wildman–Crippen MR) is 107 cm³/mol. The first kappa shape index (κ1) is 19.1. The van der Waals surface area contributed by atoms with E-state index in [0.717, 1.165) is 25.9 Å². The van der Waals surface area contributed by atoms with Crippen molar-refractivity contribution >= 4 is 17.5 Å². The van der Waals surface area contributed by atoms with Crippen molar-refractivity contribution in [3.05, 3.63) is 59.4 Å². The fourth-order valence-electron chi connectivity index (χ4n) is 3.20. The molecule has 1 aliphatic heterocycles. The van der Waals surface area contributed by atoms with Crippen molar-refractivity contribution in [1.82, 2.24) is 9.88 Å². The highest BCUT2D eigenvalue weighted by molar-refractivity contribution is 6.03. The van der Waals surface area contributed by atoms with Gasteiger partial charge in [0.1, 0.15) is 11.4 Å². The zero-order chi connectivity index (χ0) is 19.4. The van der Waals surface area contributed by atoms with Crippen molar-refractivity contribution in [1.29, 1.82) is 0 Å². The molecule has 1 N–H and O–H groups in total. The van der Waals surface area contributed by atoms with Crippen LogP contribution in [-0.4, -0.2) is 34.8 Å². The van der Waals surface area contributed by atoms with Gasteiger partial charge in [-0.3, -0.25) is 9.59 Å². The molecular weight excluding hydrogens is 338 g/mol. The van der Waals surface area contributed by atoms with Gasteiger partial charge in [-0.25, -0.2) is 4.98 Å². The van der Waals surface area contributed by atoms with Crippen LogP contribution in [0.2, 0.25) is 0 Å². The summed E-state index contributed by atoms with van der Waals surface area (Å²) in [5.41, 5.74) is 2.51. The zero-order valence-electron chi connectivity index (χ0n) is 16.2. The highest BCUT2D eigenvalue weighted by Crippen LogP contribution is 2.19. The number of hydrogen-bond donors (Lipinski definition) is 1. The number of benzene rings is 1. The van der Waals surface area contributed by atoms with Gasteiger partial charge in [-0.05, 0) is 54.5 Å². The molecule has 0 spiro atoms. The maximum atomic E-state index is 12.7. The summed E-state index contributed by atoms with van der Waals surface area (Å²) in [5.74, 6) is 0.685. The van der Waals surface area contributed by atoms with Crippen LogP contribution >= 0.6 is 0 Å². The van der Waals surface area contributed by atoms with E-state index in [4.69, 9.17) is 0 Å². The lowest BCUT2D eigenvalue weighted by atomic mass is 9.99. The quantitative estimate of drug-likeness (QED) is 0.877. The van der Waals surface area contributed by atoms with E-state index in [2.05, 4.69) is 31.1 Å². The molecule has 27 heavy (non-hydrogen) atoms. The second-order valence-corrected chi connectivity index (χ2v) is 7.61. The molecule has 1 aromatic heterocycles. The average molecular weight is 365 g/mol. The van der Waals surface area contributed by atoms with Crippen molar-refractivity contribution in [3.63, 3.8) is 0 Å². The van der Waals surface area contributed by atoms with E-state index in [-0.39, 0.29) is 17.5 Å². The first-order chi connectivity index (χ1) is 12.9. The minimum Gasteiger partial charge on any atom is -0.337 e. The lowest BCUT2D eigenvalue weighted by Gasteiger charge is -2.30. The third-order valence-corrected chi connectivity index (χ3v) is 5.11. The highest BCUT2D eigenvalue weighted by atomic mass is 16.2. The normalized spacial score (nSPS) is 15.0. The van der Waals surface area contributed by atoms with Gasteiger partial charge in [-0.2, -0.15) is 0 Å². The Hall–Kier alpha value is -2.69. The van der Waals surface area contributed by atoms with E-state index in [1.807, 2.05) is 29.2 Å². The Labute approximate surface area is 160 Å². The molecule has 142 valence electrons. The Balaban J connectivity index is 1.69. The van der Waals surface area contributed by atoms with Crippen molar-refractivity contribution in [2.75, 3.05) is 18.4 Å². The van der Waals surface area contributed by atoms with Crippen molar-refractivity contribution in [3.8, 4) is 0 Å². The van der Waals surface area contributed by atoms with Gasteiger partial charge >= 0.3 is 0 Å². The van der Waals surface area contributed by atoms with Crippen LogP contribution in [0.15, 0.2) is 42.5 Å². The lowest BCUT2D eigenvalue weighted by molar-refractivity contribution is 0.0691. The van der Waals surface area contributed by atoms with E-state index < -0.39 is 0 Å². The average Bonchev–Trinajstić information content (AvgIpc) is 2.68. The number of likely N-dealkylation sites (tertiary alicyclic amines) is 1. The Bertz CT molecular complexity index is 807. The Morgan fingerprint density at radius 1 is 1.04 bits per heavy atom. The summed E-state index contributed by atoms with van der Waals surface area (Å²) in [5, 5.41) is 2.85. The molecule has 0 saturated carbocycles. The Morgan fingerprint density at radius 2 is 1.67 bits per heavy atom. The van der Waals surface area contributed by atoms with Gasteiger partial charge in [-0.1, -0.05) is 39.0 Å². The Kier molecular flexibility index (Phi) is 5.89. The fraction of sp³-hybridized carbons (Fsp3) is 0.409. The van der Waals surface area contributed by atoms with Crippen LogP contribution in [0.4, 0.5) is 5.69 Å². The van der Waals surface area contributed by atoms with E-state index in [1.165, 1.54) is 5.56 Å². The minimum atomic E-state index is -0.311. The summed E-state index contributed by atoms with van der Waals surface area (Å²) >= 11 is 0. The number of anilines is 1. The molecule has 3 rings (SSSR count). The summed E-state index contributed by atoms with van der Waals surface area (Å²) in [6.07, 6.45) is 2.02. The topological polar surface area (TPSA) is 62.3 Å². The standard InChI is InChI=1S/C22H27N3O2/c1-15(2)17-7-9-18(10-8-17)23-21(26)19-5-4-6-20(24-19)22(27)25-13-11-16(3)12-14-25/h4-10,15-16H,11-14H2,1-3H3,(H,23,26). The number of pyridine rings is 1. The zero-order valence-corrected chi connectivity index (χ0v) is 16.2. The highest BCUT2D eigenvalue weighted by Gasteiger charge is 2.23. The van der Waals surface area contributed by atoms with Crippen LogP contribution in [0.1, 0.15) is 66.1 Å². The molecule has 0 bridgehead atoms. The number of nitrogens with one attached hydrogen (secondary N) is 1. The van der Waals surface area contributed by atoms with Gasteiger partial charge < -0.3 is 10.2 Å². The van der Waals surface area contributed by atoms with Crippen molar-refractivity contribution < 1.29 is 9.59 Å². The largest absolute Gasteiger partial charge is 0.337 e. The predicted octanol–water partition coefficient (Wildman–Crippen LogP) is 4.33. The number of piperidine rings is 1. The number of hydrogen-bond acceptors (Lipinski definition) is 3. The minimum absolute atomic E-state index is 0.0992. The molecule has 1 fully saturated rings. The number of rotatable bonds is 4. The Morgan fingerprint density at radius 3 is 2.30 bits per heavy atom. The number of amides is 2. The first-order valence-corrected chi connectivity index (χ1v) is 9.61. The molecule has 0 unspecified atom stereocenters. The van der Waals surface area contributed by atoms with Gasteiger partial charge in [0.25, 0.3) is 11.8 Å². The molecule has 0 radical (unpaired) electrons. The van der Waals surface area contributed by atoms with E-state index in [1.54, 1.807) is 18.2 Å². The molecule has 1 saturated heterocycles. The van der Waals surface area contributed by atoms with Gasteiger partial charge in [-0.15, -0.1) is 0 Å². The smallest absolute Gasteiger partial charge is 0.274 e. The molecule has 1 aliphatic rings. The van der Waals surface area contributed by atoms with E-state index in [9.17, 15) is 9.59 Å². The van der Waals surface area contributed by atoms with Gasteiger partial charge in [0.05, 0.1) is 0 Å². The van der Waals surface area contributed by atoms with Crippen LogP contribution in [-0.2, 0) is 0 Å². The van der Waals surface area contributed by atoms with Gasteiger partial charge in [0.15, 0.2) is 0 Å². The number of carbonyl (C=O) groups is 2. The van der Waals surface area contributed by atoms with Crippen LogP contribution in [0, 0.1) is 5.92 Å². The van der Waals surface area contributed by atoms with Crippen molar-refractivity contribution in [2.24, 2.45) is 5.92 Å². The maximum absolute atomic E-state index is 12.7. The van der Waals surface area contributed by atoms with Crippen LogP contribution < -0.4 is 5.32 Å². The van der Waals surface area contributed by atoms with E-state index >= 15 is 0 Å². The first-order valence-electron chi connectivity index (χ1n) is 9.61. The lowest BCUT2D eigenvalue weighted by Crippen LogP contribution is -2.38. The molecule has 2 aromatic rings. The third kappa shape index (κ3) is 4.73. The molecule has 5 heteroatoms. The molecule has 0 atom stereocenters. The molecule has 0 aliphatic carbocycles. The maximum Gasteiger partial charge on any atom is 0.274 e. The fourth-order valence-corrected chi connectivity index (χ4v) is 3.20. The van der Waals surface area contributed by atoms with Crippen molar-refractivity contribution in [2.45, 2.75) is 39.5 Å². The monoisotopic (exact) mass is 365 g/mol. The summed E-state index contributed by atoms with van der Waals surface area (Å²) in [6.45, 7) is 7.96. The van der Waals surface area contributed by atoms with E-state index in [0.29, 0.717) is 23.2 Å². The molecular formula is C22H27N3O2. The number of aromatic nitrogens is 1. The summed E-state index contributed by atoms with van der Waals surface area (Å²) in [4.78, 5) is 31.3. The summed E-state index contributed by atoms with van der Waals surface area (Å²) in [7, 11) is 0. The van der Waals surface area contributed by atoms with Gasteiger partial charge in [0, 0.05) is 18.8 Å². The summed E-state index contributed by atoms with van der Waals surface area (Å²) < 4.78 is 0. The van der Waals surface area contributed by atoms with Gasteiger partial charge in [0.2, 0.25) is 0 Å². The molecule has 2 heterocycles. The molecule has 5 nitrogen and oxygen atoms in total. The molecule has 1 aromatic carbocycles. The van der Waals surface area contributed by atoms with Crippen LogP contribution in [0.25, 0.3) is 0 Å². The summed E-state index contributed by atoms with van der Waals surface area (Å²) in [6, 6.07) is 12.8. The number of carbonyl (C=O) groups excluding carboxylic acids is 2. The third-order valence-electron chi connectivity index (χ3n) is 5.11.